The Morgan fingerprint density at radius 1 is 1.55 bits per heavy atom. The summed E-state index contributed by atoms with van der Waals surface area (Å²) in [7, 11) is 0. The van der Waals surface area contributed by atoms with Crippen LogP contribution in [-0.4, -0.2) is 4.98 Å². The van der Waals surface area contributed by atoms with Crippen LogP contribution >= 0.6 is 27.5 Å². The highest BCUT2D eigenvalue weighted by atomic mass is 79.9. The number of nitrogens with zero attached hydrogens (tertiary/aromatic N) is 1. The summed E-state index contributed by atoms with van der Waals surface area (Å²) in [6.07, 6.45) is -1.23. The van der Waals surface area contributed by atoms with Crippen LogP contribution in [0.5, 0.6) is 0 Å². The molecule has 11 heavy (non-hydrogen) atoms. The van der Waals surface area contributed by atoms with Crippen molar-refractivity contribution in [2.45, 2.75) is 6.43 Å². The Kier molecular flexibility index (Phi) is 2.78. The average molecular weight is 242 g/mol. The SMILES string of the molecule is FC(F)c1c(Br)ccnc1Cl. The fourth-order valence-electron chi connectivity index (χ4n) is 0.620. The second-order valence-electron chi connectivity index (χ2n) is 1.80. The van der Waals surface area contributed by atoms with Gasteiger partial charge in [0.2, 0.25) is 0 Å². The van der Waals surface area contributed by atoms with E-state index in [2.05, 4.69) is 20.9 Å². The Labute approximate surface area is 75.5 Å². The topological polar surface area (TPSA) is 12.9 Å². The lowest BCUT2D eigenvalue weighted by atomic mass is 10.3. The van der Waals surface area contributed by atoms with Crippen LogP contribution in [-0.2, 0) is 0 Å². The van der Waals surface area contributed by atoms with Crippen molar-refractivity contribution in [2.24, 2.45) is 0 Å². The molecule has 0 unspecified atom stereocenters. The van der Waals surface area contributed by atoms with Crippen molar-refractivity contribution in [2.75, 3.05) is 0 Å². The molecule has 0 saturated carbocycles. The predicted molar refractivity (Wildman–Crippen MR) is 41.9 cm³/mol. The van der Waals surface area contributed by atoms with E-state index in [1.807, 2.05) is 0 Å². The molecule has 60 valence electrons. The Bertz CT molecular complexity index is 247. The minimum absolute atomic E-state index is 0.158. The van der Waals surface area contributed by atoms with Crippen LogP contribution in [0.25, 0.3) is 0 Å². The van der Waals surface area contributed by atoms with Gasteiger partial charge in [-0.05, 0) is 6.07 Å². The molecule has 0 aliphatic carbocycles. The maximum absolute atomic E-state index is 12.1. The van der Waals surface area contributed by atoms with Crippen molar-refractivity contribution in [1.29, 1.82) is 0 Å². The largest absolute Gasteiger partial charge is 0.267 e. The molecule has 0 aliphatic rings. The van der Waals surface area contributed by atoms with Gasteiger partial charge in [0.15, 0.2) is 0 Å². The molecule has 0 fully saturated rings. The zero-order chi connectivity index (χ0) is 8.43. The number of hydrogen-bond donors (Lipinski definition) is 0. The van der Waals surface area contributed by atoms with Gasteiger partial charge in [-0.15, -0.1) is 0 Å². The van der Waals surface area contributed by atoms with Crippen molar-refractivity contribution in [3.8, 4) is 0 Å². The summed E-state index contributed by atoms with van der Waals surface area (Å²) in [5.41, 5.74) is -0.255. The van der Waals surface area contributed by atoms with Crippen LogP contribution in [0.15, 0.2) is 16.7 Å². The Balaban J connectivity index is 3.21. The molecule has 0 bridgehead atoms. The monoisotopic (exact) mass is 241 g/mol. The molecule has 0 saturated heterocycles. The van der Waals surface area contributed by atoms with E-state index in [1.54, 1.807) is 0 Å². The molecule has 0 aliphatic heterocycles. The minimum atomic E-state index is -2.59. The minimum Gasteiger partial charge on any atom is -0.244 e. The fourth-order valence-corrected chi connectivity index (χ4v) is 1.45. The van der Waals surface area contributed by atoms with Gasteiger partial charge in [0.25, 0.3) is 6.43 Å². The number of halogens is 4. The second-order valence-corrected chi connectivity index (χ2v) is 3.01. The molecule has 1 heterocycles. The molecule has 5 heteroatoms. The van der Waals surface area contributed by atoms with E-state index < -0.39 is 6.43 Å². The van der Waals surface area contributed by atoms with E-state index in [4.69, 9.17) is 11.6 Å². The van der Waals surface area contributed by atoms with Gasteiger partial charge >= 0.3 is 0 Å². The second kappa shape index (κ2) is 3.45. The number of alkyl halides is 2. The van der Waals surface area contributed by atoms with Gasteiger partial charge in [0.05, 0.1) is 5.56 Å². The zero-order valence-corrected chi connectivity index (χ0v) is 7.53. The summed E-state index contributed by atoms with van der Waals surface area (Å²) in [6, 6.07) is 1.42. The third-order valence-electron chi connectivity index (χ3n) is 1.11. The first kappa shape index (κ1) is 8.87. The summed E-state index contributed by atoms with van der Waals surface area (Å²) in [6.45, 7) is 0. The molecular formula is C6H3BrClF2N. The molecule has 0 N–H and O–H groups in total. The van der Waals surface area contributed by atoms with Crippen molar-refractivity contribution >= 4 is 27.5 Å². The van der Waals surface area contributed by atoms with Gasteiger partial charge in [0, 0.05) is 10.7 Å². The summed E-state index contributed by atoms with van der Waals surface area (Å²) >= 11 is 8.35. The lowest BCUT2D eigenvalue weighted by Gasteiger charge is -2.02. The molecule has 1 rings (SSSR count). The molecule has 1 nitrogen and oxygen atoms in total. The highest BCUT2D eigenvalue weighted by Gasteiger charge is 2.15. The number of aromatic nitrogens is 1. The average Bonchev–Trinajstić information content (AvgIpc) is 1.85. The lowest BCUT2D eigenvalue weighted by Crippen LogP contribution is -1.89. The fraction of sp³-hybridized carbons (Fsp3) is 0.167. The van der Waals surface area contributed by atoms with Crippen LogP contribution in [0.4, 0.5) is 8.78 Å². The van der Waals surface area contributed by atoms with E-state index in [1.165, 1.54) is 12.3 Å². The van der Waals surface area contributed by atoms with Gasteiger partial charge < -0.3 is 0 Å². The first-order chi connectivity index (χ1) is 5.13. The number of rotatable bonds is 1. The van der Waals surface area contributed by atoms with Crippen LogP contribution in [0.3, 0.4) is 0 Å². The maximum atomic E-state index is 12.1. The number of hydrogen-bond acceptors (Lipinski definition) is 1. The zero-order valence-electron chi connectivity index (χ0n) is 5.19. The van der Waals surface area contributed by atoms with Gasteiger partial charge in [-0.3, -0.25) is 0 Å². The smallest absolute Gasteiger partial charge is 0.244 e. The first-order valence-electron chi connectivity index (χ1n) is 2.71. The summed E-state index contributed by atoms with van der Waals surface area (Å²) < 4.78 is 24.6. The van der Waals surface area contributed by atoms with Crippen LogP contribution < -0.4 is 0 Å². The van der Waals surface area contributed by atoms with Crippen LogP contribution in [0.2, 0.25) is 5.15 Å². The number of pyridine rings is 1. The molecule has 0 spiro atoms. The third kappa shape index (κ3) is 1.87. The quantitative estimate of drug-likeness (QED) is 0.688. The normalized spacial score (nSPS) is 10.6. The van der Waals surface area contributed by atoms with E-state index >= 15 is 0 Å². The molecular weight excluding hydrogens is 239 g/mol. The van der Waals surface area contributed by atoms with Gasteiger partial charge in [-0.25, -0.2) is 13.8 Å². The Hall–Kier alpha value is -0.220. The molecule has 0 amide bonds. The summed E-state index contributed by atoms with van der Waals surface area (Å²) in [4.78, 5) is 3.52. The molecule has 0 aromatic carbocycles. The van der Waals surface area contributed by atoms with Crippen molar-refractivity contribution in [1.82, 2.24) is 4.98 Å². The summed E-state index contributed by atoms with van der Waals surface area (Å²) in [5, 5.41) is -0.158. The highest BCUT2D eigenvalue weighted by molar-refractivity contribution is 9.10. The molecule has 1 aromatic rings. The van der Waals surface area contributed by atoms with E-state index in [9.17, 15) is 8.78 Å². The van der Waals surface area contributed by atoms with Crippen molar-refractivity contribution in [3.63, 3.8) is 0 Å². The third-order valence-corrected chi connectivity index (χ3v) is 2.10. The van der Waals surface area contributed by atoms with Gasteiger partial charge in [-0.2, -0.15) is 0 Å². The van der Waals surface area contributed by atoms with Crippen LogP contribution in [0, 0.1) is 0 Å². The molecule has 0 radical (unpaired) electrons. The standard InChI is InChI=1S/C6H3BrClF2N/c7-3-1-2-11-5(8)4(3)6(9)10/h1-2,6H. The maximum Gasteiger partial charge on any atom is 0.267 e. The van der Waals surface area contributed by atoms with E-state index in [0.29, 0.717) is 0 Å². The van der Waals surface area contributed by atoms with Crippen molar-refractivity contribution in [3.05, 3.63) is 27.5 Å². The molecule has 1 aromatic heterocycles. The predicted octanol–water partition coefficient (Wildman–Crippen LogP) is 3.44. The van der Waals surface area contributed by atoms with Crippen molar-refractivity contribution < 1.29 is 8.78 Å². The summed E-state index contributed by atoms with van der Waals surface area (Å²) in [5.74, 6) is 0. The first-order valence-corrected chi connectivity index (χ1v) is 3.88. The highest BCUT2D eigenvalue weighted by Crippen LogP contribution is 2.31. The Morgan fingerprint density at radius 3 is 2.55 bits per heavy atom. The van der Waals surface area contributed by atoms with E-state index in [-0.39, 0.29) is 15.2 Å². The Morgan fingerprint density at radius 2 is 2.18 bits per heavy atom. The van der Waals surface area contributed by atoms with E-state index in [0.717, 1.165) is 0 Å². The molecule has 0 atom stereocenters. The lowest BCUT2D eigenvalue weighted by molar-refractivity contribution is 0.150. The van der Waals surface area contributed by atoms with Gasteiger partial charge in [-0.1, -0.05) is 27.5 Å². The van der Waals surface area contributed by atoms with Crippen LogP contribution in [0.1, 0.15) is 12.0 Å². The van der Waals surface area contributed by atoms with Gasteiger partial charge in [0.1, 0.15) is 5.15 Å².